The first-order valence-corrected chi connectivity index (χ1v) is 8.14. The van der Waals surface area contributed by atoms with Crippen molar-refractivity contribution in [2.75, 3.05) is 11.5 Å². The second kappa shape index (κ2) is 9.16. The first-order chi connectivity index (χ1) is 9.15. The number of Topliss-reactive ketones (excluding diaryl/α,β-unsaturated/α-hetero) is 1. The molecule has 0 fully saturated rings. The maximum atomic E-state index is 12.0. The third-order valence-electron chi connectivity index (χ3n) is 3.17. The van der Waals surface area contributed by atoms with Gasteiger partial charge in [0, 0.05) is 12.0 Å². The molecule has 0 saturated carbocycles. The van der Waals surface area contributed by atoms with E-state index in [0.29, 0.717) is 5.56 Å². The van der Waals surface area contributed by atoms with Gasteiger partial charge in [-0.05, 0) is 23.8 Å². The van der Waals surface area contributed by atoms with Crippen molar-refractivity contribution in [2.45, 2.75) is 39.2 Å². The van der Waals surface area contributed by atoms with E-state index in [9.17, 15) is 9.90 Å². The van der Waals surface area contributed by atoms with Crippen molar-refractivity contribution < 1.29 is 9.90 Å². The predicted molar refractivity (Wildman–Crippen MR) is 82.8 cm³/mol. The lowest BCUT2D eigenvalue weighted by atomic mass is 9.98. The normalized spacial score (nSPS) is 14.1. The monoisotopic (exact) mass is 280 g/mol. The maximum absolute atomic E-state index is 12.0. The zero-order valence-electron chi connectivity index (χ0n) is 11.8. The van der Waals surface area contributed by atoms with Gasteiger partial charge in [0.15, 0.2) is 5.78 Å². The fraction of sp³-hybridized carbons (Fsp3) is 0.562. The zero-order valence-corrected chi connectivity index (χ0v) is 12.7. The molecular formula is C16H24O2S. The van der Waals surface area contributed by atoms with E-state index in [2.05, 4.69) is 6.92 Å². The minimum atomic E-state index is -0.540. The first kappa shape index (κ1) is 16.3. The summed E-state index contributed by atoms with van der Waals surface area (Å²) < 4.78 is 0. The molecule has 0 amide bonds. The zero-order chi connectivity index (χ0) is 14.1. The summed E-state index contributed by atoms with van der Waals surface area (Å²) in [5.74, 6) is 2.25. The van der Waals surface area contributed by atoms with E-state index >= 15 is 0 Å². The van der Waals surface area contributed by atoms with Crippen LogP contribution in [-0.2, 0) is 0 Å². The van der Waals surface area contributed by atoms with Crippen LogP contribution in [0.1, 0.15) is 43.5 Å². The molecule has 0 saturated heterocycles. The van der Waals surface area contributed by atoms with Crippen molar-refractivity contribution >= 4 is 17.5 Å². The topological polar surface area (TPSA) is 37.3 Å². The number of thioether (sulfide) groups is 1. The summed E-state index contributed by atoms with van der Waals surface area (Å²) in [6.45, 7) is 4.19. The Morgan fingerprint density at radius 2 is 2.00 bits per heavy atom. The van der Waals surface area contributed by atoms with Crippen LogP contribution in [-0.4, -0.2) is 28.5 Å². The SMILES string of the molecule is CCCCSC[C@@H](C)[C@@H](O)CC(=O)c1ccccc1. The molecule has 0 heterocycles. The highest BCUT2D eigenvalue weighted by Gasteiger charge is 2.18. The minimum absolute atomic E-state index is 0.0264. The van der Waals surface area contributed by atoms with Crippen molar-refractivity contribution in [3.63, 3.8) is 0 Å². The lowest BCUT2D eigenvalue weighted by Crippen LogP contribution is -2.23. The number of benzene rings is 1. The second-order valence-corrected chi connectivity index (χ2v) is 6.12. The second-order valence-electron chi connectivity index (χ2n) is 4.97. The highest BCUT2D eigenvalue weighted by atomic mass is 32.2. The van der Waals surface area contributed by atoms with Crippen LogP contribution < -0.4 is 0 Å². The van der Waals surface area contributed by atoms with Gasteiger partial charge in [-0.3, -0.25) is 4.79 Å². The molecule has 0 spiro atoms. The van der Waals surface area contributed by atoms with E-state index in [-0.39, 0.29) is 18.1 Å². The Bertz CT molecular complexity index is 364. The third kappa shape index (κ3) is 6.26. The van der Waals surface area contributed by atoms with Crippen LogP contribution in [0.4, 0.5) is 0 Å². The van der Waals surface area contributed by atoms with E-state index in [1.165, 1.54) is 12.8 Å². The highest BCUT2D eigenvalue weighted by Crippen LogP contribution is 2.17. The summed E-state index contributed by atoms with van der Waals surface area (Å²) >= 11 is 1.87. The number of hydrogen-bond donors (Lipinski definition) is 1. The van der Waals surface area contributed by atoms with Crippen LogP contribution in [0, 0.1) is 5.92 Å². The van der Waals surface area contributed by atoms with Crippen LogP contribution in [0.2, 0.25) is 0 Å². The first-order valence-electron chi connectivity index (χ1n) is 6.99. The van der Waals surface area contributed by atoms with Crippen molar-refractivity contribution in [3.05, 3.63) is 35.9 Å². The van der Waals surface area contributed by atoms with E-state index < -0.39 is 6.10 Å². The molecule has 0 bridgehead atoms. The molecule has 0 unspecified atom stereocenters. The smallest absolute Gasteiger partial charge is 0.165 e. The van der Waals surface area contributed by atoms with Crippen LogP contribution in [0.15, 0.2) is 30.3 Å². The van der Waals surface area contributed by atoms with Gasteiger partial charge in [0.1, 0.15) is 0 Å². The summed E-state index contributed by atoms with van der Waals surface area (Å²) in [6, 6.07) is 9.19. The van der Waals surface area contributed by atoms with Crippen molar-refractivity contribution in [2.24, 2.45) is 5.92 Å². The van der Waals surface area contributed by atoms with Crippen molar-refractivity contribution in [3.8, 4) is 0 Å². The van der Waals surface area contributed by atoms with Crippen molar-refractivity contribution in [1.29, 1.82) is 0 Å². The van der Waals surface area contributed by atoms with Gasteiger partial charge >= 0.3 is 0 Å². The molecule has 2 nitrogen and oxygen atoms in total. The largest absolute Gasteiger partial charge is 0.392 e. The average molecular weight is 280 g/mol. The van der Waals surface area contributed by atoms with Gasteiger partial charge in [-0.1, -0.05) is 50.6 Å². The van der Waals surface area contributed by atoms with E-state index in [1.807, 2.05) is 36.9 Å². The lowest BCUT2D eigenvalue weighted by molar-refractivity contribution is 0.0796. The van der Waals surface area contributed by atoms with Gasteiger partial charge in [0.2, 0.25) is 0 Å². The summed E-state index contributed by atoms with van der Waals surface area (Å²) in [7, 11) is 0. The van der Waals surface area contributed by atoms with Gasteiger partial charge in [-0.2, -0.15) is 11.8 Å². The van der Waals surface area contributed by atoms with Gasteiger partial charge in [0.05, 0.1) is 6.10 Å². The van der Waals surface area contributed by atoms with Gasteiger partial charge in [-0.15, -0.1) is 0 Å². The molecule has 1 N–H and O–H groups in total. The summed E-state index contributed by atoms with van der Waals surface area (Å²) in [5, 5.41) is 10.1. The van der Waals surface area contributed by atoms with E-state index in [1.54, 1.807) is 12.1 Å². The number of carbonyl (C=O) groups excluding carboxylic acids is 1. The molecule has 0 aromatic heterocycles. The molecule has 0 aliphatic carbocycles. The minimum Gasteiger partial charge on any atom is -0.392 e. The fourth-order valence-corrected chi connectivity index (χ4v) is 3.01. The Morgan fingerprint density at radius 3 is 2.63 bits per heavy atom. The van der Waals surface area contributed by atoms with Crippen molar-refractivity contribution in [1.82, 2.24) is 0 Å². The van der Waals surface area contributed by atoms with Crippen LogP contribution >= 0.6 is 11.8 Å². The standard InChI is InChI=1S/C16H24O2S/c1-3-4-10-19-12-13(2)15(17)11-16(18)14-8-6-5-7-9-14/h5-9,13,15,17H,3-4,10-12H2,1-2H3/t13-,15+/m1/s1. The van der Waals surface area contributed by atoms with Crippen LogP contribution in [0.3, 0.4) is 0 Å². The predicted octanol–water partition coefficient (Wildman–Crippen LogP) is 3.79. The van der Waals surface area contributed by atoms with Gasteiger partial charge in [0.25, 0.3) is 0 Å². The Kier molecular flexibility index (Phi) is 7.84. The molecule has 106 valence electrons. The maximum Gasteiger partial charge on any atom is 0.165 e. The molecule has 1 aromatic rings. The highest BCUT2D eigenvalue weighted by molar-refractivity contribution is 7.99. The van der Waals surface area contributed by atoms with E-state index in [0.717, 1.165) is 11.5 Å². The number of aliphatic hydroxyl groups is 1. The Labute approximate surface area is 120 Å². The number of ketones is 1. The Hall–Kier alpha value is -0.800. The van der Waals surface area contributed by atoms with Gasteiger partial charge in [-0.25, -0.2) is 0 Å². The number of unbranched alkanes of at least 4 members (excludes halogenated alkanes) is 1. The molecule has 1 rings (SSSR count). The molecule has 1 aromatic carbocycles. The molecule has 2 atom stereocenters. The molecule has 0 radical (unpaired) electrons. The summed E-state index contributed by atoms with van der Waals surface area (Å²) in [4.78, 5) is 12.0. The number of aliphatic hydroxyl groups excluding tert-OH is 1. The van der Waals surface area contributed by atoms with Gasteiger partial charge < -0.3 is 5.11 Å². The Balaban J connectivity index is 2.33. The molecule has 3 heteroatoms. The fourth-order valence-electron chi connectivity index (χ4n) is 1.76. The third-order valence-corrected chi connectivity index (χ3v) is 4.51. The lowest BCUT2D eigenvalue weighted by Gasteiger charge is -2.17. The molecule has 19 heavy (non-hydrogen) atoms. The van der Waals surface area contributed by atoms with Crippen LogP contribution in [0.25, 0.3) is 0 Å². The summed E-state index contributed by atoms with van der Waals surface area (Å²) in [5.41, 5.74) is 0.687. The van der Waals surface area contributed by atoms with Crippen LogP contribution in [0.5, 0.6) is 0 Å². The average Bonchev–Trinajstić information content (AvgIpc) is 2.44. The number of carbonyl (C=O) groups is 1. The number of hydrogen-bond acceptors (Lipinski definition) is 3. The molecular weight excluding hydrogens is 256 g/mol. The Morgan fingerprint density at radius 1 is 1.32 bits per heavy atom. The summed E-state index contributed by atoms with van der Waals surface area (Å²) in [6.07, 6.45) is 2.11. The van der Waals surface area contributed by atoms with E-state index in [4.69, 9.17) is 0 Å². The molecule has 0 aliphatic rings. The quantitative estimate of drug-likeness (QED) is 0.552. The number of rotatable bonds is 9. The molecule has 0 aliphatic heterocycles.